The summed E-state index contributed by atoms with van der Waals surface area (Å²) in [6.45, 7) is 7.41. The molecule has 2 rings (SSSR count). The molecule has 0 N–H and O–H groups in total. The number of methoxy groups -OCH3 is 1. The van der Waals surface area contributed by atoms with Gasteiger partial charge in [0, 0.05) is 18.4 Å². The Balaban J connectivity index is 2.31. The molecule has 1 amide bonds. The van der Waals surface area contributed by atoms with Gasteiger partial charge in [-0.3, -0.25) is 14.7 Å². The van der Waals surface area contributed by atoms with E-state index in [9.17, 15) is 9.59 Å². The van der Waals surface area contributed by atoms with Gasteiger partial charge >= 0.3 is 6.09 Å². The summed E-state index contributed by atoms with van der Waals surface area (Å²) < 4.78 is 10.8. The van der Waals surface area contributed by atoms with E-state index in [1.165, 1.54) is 13.3 Å². The van der Waals surface area contributed by atoms with E-state index in [0.29, 0.717) is 17.7 Å². The van der Waals surface area contributed by atoms with E-state index in [0.717, 1.165) is 12.8 Å². The molecule has 0 unspecified atom stereocenters. The molecule has 0 bridgehead atoms. The van der Waals surface area contributed by atoms with Crippen LogP contribution in [0.3, 0.4) is 0 Å². The number of hydrogen-bond donors (Lipinski definition) is 0. The van der Waals surface area contributed by atoms with Gasteiger partial charge in [0.1, 0.15) is 11.4 Å². The van der Waals surface area contributed by atoms with Gasteiger partial charge in [0.2, 0.25) is 0 Å². The summed E-state index contributed by atoms with van der Waals surface area (Å²) in [5.74, 6) is 0.315. The van der Waals surface area contributed by atoms with Crippen molar-refractivity contribution >= 4 is 11.9 Å². The van der Waals surface area contributed by atoms with Crippen molar-refractivity contribution < 1.29 is 19.1 Å². The second-order valence-corrected chi connectivity index (χ2v) is 7.12. The number of rotatable bonds is 3. The molecule has 24 heavy (non-hydrogen) atoms. The number of hydrogen-bond acceptors (Lipinski definition) is 5. The molecule has 1 aliphatic rings. The van der Waals surface area contributed by atoms with Crippen molar-refractivity contribution in [2.75, 3.05) is 7.11 Å². The predicted molar refractivity (Wildman–Crippen MR) is 90.3 cm³/mol. The Hall–Kier alpha value is -2.11. The van der Waals surface area contributed by atoms with Crippen LogP contribution in [0.15, 0.2) is 18.5 Å². The number of piperidine rings is 1. The van der Waals surface area contributed by atoms with E-state index >= 15 is 0 Å². The quantitative estimate of drug-likeness (QED) is 0.792. The second kappa shape index (κ2) is 7.20. The van der Waals surface area contributed by atoms with E-state index in [2.05, 4.69) is 4.98 Å². The maximum absolute atomic E-state index is 13.0. The number of carbonyl (C=O) groups is 2. The second-order valence-electron chi connectivity index (χ2n) is 7.12. The minimum Gasteiger partial charge on any atom is -0.496 e. The number of amides is 1. The lowest BCUT2D eigenvalue weighted by Gasteiger charge is -2.40. The third kappa shape index (κ3) is 4.04. The minimum absolute atomic E-state index is 0.0507. The molecule has 0 saturated carbocycles. The van der Waals surface area contributed by atoms with Crippen molar-refractivity contribution in [3.63, 3.8) is 0 Å². The van der Waals surface area contributed by atoms with Gasteiger partial charge in [-0.1, -0.05) is 0 Å². The first-order chi connectivity index (χ1) is 11.2. The van der Waals surface area contributed by atoms with Crippen LogP contribution >= 0.6 is 0 Å². The number of ether oxygens (including phenoxy) is 2. The summed E-state index contributed by atoms with van der Waals surface area (Å²) >= 11 is 0. The zero-order valence-electron chi connectivity index (χ0n) is 15.0. The van der Waals surface area contributed by atoms with E-state index in [1.54, 1.807) is 17.2 Å². The molecule has 132 valence electrons. The summed E-state index contributed by atoms with van der Waals surface area (Å²) in [5, 5.41) is 0. The Morgan fingerprint density at radius 2 is 2.00 bits per heavy atom. The number of pyridine rings is 1. The van der Waals surface area contributed by atoms with E-state index in [4.69, 9.17) is 9.47 Å². The van der Waals surface area contributed by atoms with Crippen molar-refractivity contribution in [3.05, 3.63) is 24.0 Å². The van der Waals surface area contributed by atoms with Crippen molar-refractivity contribution in [2.24, 2.45) is 0 Å². The lowest BCUT2D eigenvalue weighted by molar-refractivity contribution is -0.00107. The average Bonchev–Trinajstić information content (AvgIpc) is 2.52. The van der Waals surface area contributed by atoms with Crippen LogP contribution in [0.25, 0.3) is 0 Å². The Kier molecular flexibility index (Phi) is 5.47. The Bertz CT molecular complexity index is 609. The van der Waals surface area contributed by atoms with Gasteiger partial charge in [0.25, 0.3) is 0 Å². The smallest absolute Gasteiger partial charge is 0.411 e. The first-order valence-electron chi connectivity index (χ1n) is 8.28. The van der Waals surface area contributed by atoms with E-state index < -0.39 is 17.7 Å². The molecular formula is C18H26N2O4. The first kappa shape index (κ1) is 18.2. The molecule has 1 aliphatic heterocycles. The summed E-state index contributed by atoms with van der Waals surface area (Å²) in [4.78, 5) is 31.3. The fourth-order valence-electron chi connectivity index (χ4n) is 3.00. The predicted octanol–water partition coefficient (Wildman–Crippen LogP) is 3.45. The topological polar surface area (TPSA) is 68.7 Å². The van der Waals surface area contributed by atoms with Gasteiger partial charge < -0.3 is 9.47 Å². The van der Waals surface area contributed by atoms with Crippen LogP contribution in [0.1, 0.15) is 57.3 Å². The van der Waals surface area contributed by atoms with E-state index in [1.807, 2.05) is 27.7 Å². The van der Waals surface area contributed by atoms with Crippen LogP contribution in [0, 0.1) is 0 Å². The standard InChI is InChI=1S/C18H26N2O4/c1-12-7-6-8-14(20(12)17(22)24-18(2,3)4)16(21)13-11-19-10-9-15(13)23-5/h9-12,14H,6-8H2,1-5H3/t12-,14-/m1/s1. The zero-order valence-corrected chi connectivity index (χ0v) is 15.0. The van der Waals surface area contributed by atoms with Gasteiger partial charge in [0.05, 0.1) is 18.7 Å². The summed E-state index contributed by atoms with van der Waals surface area (Å²) in [7, 11) is 1.52. The molecule has 0 spiro atoms. The average molecular weight is 334 g/mol. The highest BCUT2D eigenvalue weighted by molar-refractivity contribution is 6.03. The molecule has 1 saturated heterocycles. The highest BCUT2D eigenvalue weighted by atomic mass is 16.6. The summed E-state index contributed by atoms with van der Waals surface area (Å²) in [6, 6.07) is 1.05. The van der Waals surface area contributed by atoms with Gasteiger partial charge in [-0.05, 0) is 53.0 Å². The molecule has 1 aromatic heterocycles. The summed E-state index contributed by atoms with van der Waals surface area (Å²) in [5.41, 5.74) is -0.207. The molecule has 1 fully saturated rings. The van der Waals surface area contributed by atoms with Gasteiger partial charge in [-0.2, -0.15) is 0 Å². The molecule has 1 aromatic rings. The lowest BCUT2D eigenvalue weighted by Crippen LogP contribution is -2.53. The van der Waals surface area contributed by atoms with Crippen LogP contribution in [0.2, 0.25) is 0 Å². The molecule has 6 heteroatoms. The highest BCUT2D eigenvalue weighted by Gasteiger charge is 2.39. The Labute approximate surface area is 143 Å². The highest BCUT2D eigenvalue weighted by Crippen LogP contribution is 2.29. The molecule has 6 nitrogen and oxygen atoms in total. The van der Waals surface area contributed by atoms with Crippen LogP contribution in [0.4, 0.5) is 4.79 Å². The van der Waals surface area contributed by atoms with Crippen molar-refractivity contribution in [3.8, 4) is 5.75 Å². The number of carbonyl (C=O) groups excluding carboxylic acids is 2. The third-order valence-electron chi connectivity index (χ3n) is 4.08. The van der Waals surface area contributed by atoms with Gasteiger partial charge in [-0.25, -0.2) is 4.79 Å². The number of nitrogens with zero attached hydrogens (tertiary/aromatic N) is 2. The maximum atomic E-state index is 13.0. The van der Waals surface area contributed by atoms with Crippen LogP contribution in [-0.2, 0) is 4.74 Å². The van der Waals surface area contributed by atoms with Gasteiger partial charge in [-0.15, -0.1) is 0 Å². The molecule has 2 atom stereocenters. The molecule has 0 radical (unpaired) electrons. The fourth-order valence-corrected chi connectivity index (χ4v) is 3.00. The maximum Gasteiger partial charge on any atom is 0.411 e. The normalized spacial score (nSPS) is 21.3. The number of ketones is 1. The van der Waals surface area contributed by atoms with Crippen LogP contribution < -0.4 is 4.74 Å². The zero-order chi connectivity index (χ0) is 17.9. The first-order valence-corrected chi connectivity index (χ1v) is 8.28. The Morgan fingerprint density at radius 1 is 1.29 bits per heavy atom. The van der Waals surface area contributed by atoms with Crippen LogP contribution in [0.5, 0.6) is 5.75 Å². The fraction of sp³-hybridized carbons (Fsp3) is 0.611. The van der Waals surface area contributed by atoms with Crippen molar-refractivity contribution in [2.45, 2.75) is 64.6 Å². The Morgan fingerprint density at radius 3 is 2.62 bits per heavy atom. The SMILES string of the molecule is COc1ccncc1C(=O)[C@H]1CCC[C@@H](C)N1C(=O)OC(C)(C)C. The number of Topliss-reactive ketones (excluding diaryl/α,β-unsaturated/α-hetero) is 1. The lowest BCUT2D eigenvalue weighted by atomic mass is 9.91. The largest absolute Gasteiger partial charge is 0.496 e. The molecule has 2 heterocycles. The number of aromatic nitrogens is 1. The van der Waals surface area contributed by atoms with E-state index in [-0.39, 0.29) is 11.8 Å². The monoisotopic (exact) mass is 334 g/mol. The van der Waals surface area contributed by atoms with Gasteiger partial charge in [0.15, 0.2) is 5.78 Å². The van der Waals surface area contributed by atoms with Crippen LogP contribution in [-0.4, -0.2) is 46.6 Å². The summed E-state index contributed by atoms with van der Waals surface area (Å²) in [6.07, 6.45) is 4.97. The molecule has 0 aliphatic carbocycles. The molecule has 0 aromatic carbocycles. The van der Waals surface area contributed by atoms with Crippen molar-refractivity contribution in [1.82, 2.24) is 9.88 Å². The molecular weight excluding hydrogens is 308 g/mol. The minimum atomic E-state index is -0.603. The third-order valence-corrected chi connectivity index (χ3v) is 4.08. The number of likely N-dealkylation sites (tertiary alicyclic amines) is 1. The van der Waals surface area contributed by atoms with Crippen molar-refractivity contribution in [1.29, 1.82) is 0 Å².